The molecule has 0 spiro atoms. The van der Waals surface area contributed by atoms with E-state index < -0.39 is 0 Å². The standard InChI is InChI=1S/C27H17Cl3N4O2/c28-18-6-1-16(2-7-18)26(35)31-19-8-3-15(4-9-19)25-33-23-12-10-20(14-24(23)34-25)32-27(36)17-5-11-21(29)22(30)13-17/h1-14H,(H,31,35)(H,32,36)(H,33,34). The lowest BCUT2D eigenvalue weighted by Crippen LogP contribution is -2.11. The fourth-order valence-electron chi connectivity index (χ4n) is 3.58. The van der Waals surface area contributed by atoms with E-state index in [4.69, 9.17) is 34.8 Å². The van der Waals surface area contributed by atoms with E-state index in [9.17, 15) is 9.59 Å². The quantitative estimate of drug-likeness (QED) is 0.215. The number of hydrogen-bond donors (Lipinski definition) is 3. The fraction of sp³-hybridized carbons (Fsp3) is 0. The van der Waals surface area contributed by atoms with Crippen molar-refractivity contribution in [2.24, 2.45) is 0 Å². The smallest absolute Gasteiger partial charge is 0.255 e. The summed E-state index contributed by atoms with van der Waals surface area (Å²) in [7, 11) is 0. The summed E-state index contributed by atoms with van der Waals surface area (Å²) in [4.78, 5) is 32.9. The Morgan fingerprint density at radius 2 is 1.31 bits per heavy atom. The SMILES string of the molecule is O=C(Nc1ccc(-c2nc3ccc(NC(=O)c4ccc(Cl)c(Cl)c4)cc3[nH]2)cc1)c1ccc(Cl)cc1. The highest BCUT2D eigenvalue weighted by Gasteiger charge is 2.11. The molecule has 0 aliphatic rings. The Bertz CT molecular complexity index is 1600. The molecule has 9 heteroatoms. The maximum Gasteiger partial charge on any atom is 0.255 e. The van der Waals surface area contributed by atoms with Gasteiger partial charge in [0.1, 0.15) is 5.82 Å². The van der Waals surface area contributed by atoms with Gasteiger partial charge in [0.25, 0.3) is 11.8 Å². The topological polar surface area (TPSA) is 86.9 Å². The van der Waals surface area contributed by atoms with Gasteiger partial charge in [-0.25, -0.2) is 4.98 Å². The number of anilines is 2. The third-order valence-electron chi connectivity index (χ3n) is 5.44. The number of nitrogens with zero attached hydrogens (tertiary/aromatic N) is 1. The highest BCUT2D eigenvalue weighted by Crippen LogP contribution is 2.26. The van der Waals surface area contributed by atoms with E-state index in [1.807, 2.05) is 24.3 Å². The Balaban J connectivity index is 1.30. The number of rotatable bonds is 5. The van der Waals surface area contributed by atoms with Crippen LogP contribution in [0.25, 0.3) is 22.4 Å². The van der Waals surface area contributed by atoms with Crippen LogP contribution in [0.2, 0.25) is 15.1 Å². The van der Waals surface area contributed by atoms with Gasteiger partial charge in [0, 0.05) is 33.1 Å². The monoisotopic (exact) mass is 534 g/mol. The summed E-state index contributed by atoms with van der Waals surface area (Å²) in [5.74, 6) is 0.135. The van der Waals surface area contributed by atoms with Crippen molar-refractivity contribution in [2.75, 3.05) is 10.6 Å². The molecule has 36 heavy (non-hydrogen) atoms. The number of aromatic amines is 1. The van der Waals surface area contributed by atoms with E-state index in [-0.39, 0.29) is 11.8 Å². The van der Waals surface area contributed by atoms with E-state index in [1.165, 1.54) is 6.07 Å². The second-order valence-corrected chi connectivity index (χ2v) is 9.19. The maximum atomic E-state index is 12.6. The van der Waals surface area contributed by atoms with Crippen LogP contribution in [0.3, 0.4) is 0 Å². The molecule has 0 bridgehead atoms. The molecule has 4 aromatic carbocycles. The first-order valence-electron chi connectivity index (χ1n) is 10.8. The highest BCUT2D eigenvalue weighted by atomic mass is 35.5. The van der Waals surface area contributed by atoms with Crippen LogP contribution in [0.15, 0.2) is 84.9 Å². The summed E-state index contributed by atoms with van der Waals surface area (Å²) >= 11 is 17.8. The lowest BCUT2D eigenvalue weighted by molar-refractivity contribution is 0.101. The molecule has 0 saturated carbocycles. The van der Waals surface area contributed by atoms with Crippen LogP contribution in [0.5, 0.6) is 0 Å². The van der Waals surface area contributed by atoms with Gasteiger partial charge >= 0.3 is 0 Å². The van der Waals surface area contributed by atoms with Gasteiger partial charge in [-0.3, -0.25) is 9.59 Å². The summed E-state index contributed by atoms with van der Waals surface area (Å²) in [6.07, 6.45) is 0. The Morgan fingerprint density at radius 1 is 0.667 bits per heavy atom. The molecular weight excluding hydrogens is 519 g/mol. The third-order valence-corrected chi connectivity index (χ3v) is 6.44. The van der Waals surface area contributed by atoms with Gasteiger partial charge in [-0.1, -0.05) is 34.8 Å². The molecule has 0 unspecified atom stereocenters. The van der Waals surface area contributed by atoms with Crippen molar-refractivity contribution in [1.29, 1.82) is 0 Å². The molecule has 0 radical (unpaired) electrons. The summed E-state index contributed by atoms with van der Waals surface area (Å²) < 4.78 is 0. The number of amides is 2. The van der Waals surface area contributed by atoms with Gasteiger partial charge in [0.15, 0.2) is 0 Å². The van der Waals surface area contributed by atoms with Crippen molar-refractivity contribution in [1.82, 2.24) is 9.97 Å². The molecule has 1 aromatic heterocycles. The predicted molar refractivity (Wildman–Crippen MR) is 145 cm³/mol. The molecule has 5 aromatic rings. The first-order valence-corrected chi connectivity index (χ1v) is 11.9. The Morgan fingerprint density at radius 3 is 2.03 bits per heavy atom. The van der Waals surface area contributed by atoms with Crippen molar-refractivity contribution >= 4 is 69.0 Å². The molecule has 0 saturated heterocycles. The van der Waals surface area contributed by atoms with Crippen LogP contribution in [-0.2, 0) is 0 Å². The van der Waals surface area contributed by atoms with Gasteiger partial charge in [-0.15, -0.1) is 0 Å². The molecule has 3 N–H and O–H groups in total. The van der Waals surface area contributed by atoms with Crippen LogP contribution in [0.4, 0.5) is 11.4 Å². The number of carbonyl (C=O) groups excluding carboxylic acids is 2. The first kappa shape index (κ1) is 23.9. The van der Waals surface area contributed by atoms with Crippen molar-refractivity contribution in [3.63, 3.8) is 0 Å². The minimum Gasteiger partial charge on any atom is -0.338 e. The molecule has 1 heterocycles. The molecule has 6 nitrogen and oxygen atoms in total. The lowest BCUT2D eigenvalue weighted by Gasteiger charge is -2.06. The number of aromatic nitrogens is 2. The third kappa shape index (κ3) is 5.21. The van der Waals surface area contributed by atoms with Crippen LogP contribution in [0, 0.1) is 0 Å². The van der Waals surface area contributed by atoms with Gasteiger partial charge in [0.05, 0.1) is 21.1 Å². The van der Waals surface area contributed by atoms with Crippen molar-refractivity contribution in [2.45, 2.75) is 0 Å². The number of fused-ring (bicyclic) bond motifs is 1. The van der Waals surface area contributed by atoms with Gasteiger partial charge < -0.3 is 15.6 Å². The van der Waals surface area contributed by atoms with Gasteiger partial charge in [-0.05, 0) is 84.9 Å². The van der Waals surface area contributed by atoms with Crippen LogP contribution >= 0.6 is 34.8 Å². The van der Waals surface area contributed by atoms with Crippen molar-refractivity contribution in [3.8, 4) is 11.4 Å². The summed E-state index contributed by atoms with van der Waals surface area (Å²) in [6.45, 7) is 0. The number of hydrogen-bond acceptors (Lipinski definition) is 3. The molecule has 178 valence electrons. The lowest BCUT2D eigenvalue weighted by atomic mass is 10.1. The predicted octanol–water partition coefficient (Wildman–Crippen LogP) is 7.69. The highest BCUT2D eigenvalue weighted by molar-refractivity contribution is 6.42. The first-order chi connectivity index (χ1) is 17.4. The zero-order valence-electron chi connectivity index (χ0n) is 18.5. The number of nitrogens with one attached hydrogen (secondary N) is 3. The average Bonchev–Trinajstić information content (AvgIpc) is 3.30. The fourth-order valence-corrected chi connectivity index (χ4v) is 4.00. The van der Waals surface area contributed by atoms with Gasteiger partial charge in [-0.2, -0.15) is 0 Å². The van der Waals surface area contributed by atoms with E-state index in [2.05, 4.69) is 20.6 Å². The van der Waals surface area contributed by atoms with Crippen LogP contribution in [0.1, 0.15) is 20.7 Å². The minimum atomic E-state index is -0.302. The minimum absolute atomic E-state index is 0.224. The second-order valence-electron chi connectivity index (χ2n) is 7.94. The summed E-state index contributed by atoms with van der Waals surface area (Å²) in [5.41, 5.74) is 4.53. The van der Waals surface area contributed by atoms with Crippen LogP contribution < -0.4 is 10.6 Å². The second kappa shape index (κ2) is 10.0. The van der Waals surface area contributed by atoms with Crippen molar-refractivity contribution < 1.29 is 9.59 Å². The maximum absolute atomic E-state index is 12.6. The largest absolute Gasteiger partial charge is 0.338 e. The average molecular weight is 536 g/mol. The molecule has 0 aliphatic carbocycles. The number of H-pyrrole nitrogens is 1. The van der Waals surface area contributed by atoms with E-state index >= 15 is 0 Å². The van der Waals surface area contributed by atoms with E-state index in [1.54, 1.807) is 54.6 Å². The molecule has 2 amide bonds. The normalized spacial score (nSPS) is 10.9. The Hall–Kier alpha value is -3.84. The van der Waals surface area contributed by atoms with E-state index in [0.717, 1.165) is 16.6 Å². The summed E-state index contributed by atoms with van der Waals surface area (Å²) in [6, 6.07) is 24.1. The molecule has 0 aliphatic heterocycles. The zero-order valence-corrected chi connectivity index (χ0v) is 20.7. The Labute approximate surface area is 221 Å². The zero-order chi connectivity index (χ0) is 25.2. The van der Waals surface area contributed by atoms with E-state index in [0.29, 0.717) is 43.4 Å². The molecule has 5 rings (SSSR count). The van der Waals surface area contributed by atoms with Crippen molar-refractivity contribution in [3.05, 3.63) is 111 Å². The molecular formula is C27H17Cl3N4O2. The van der Waals surface area contributed by atoms with Gasteiger partial charge in [0.2, 0.25) is 0 Å². The number of carbonyl (C=O) groups is 2. The number of imidazole rings is 1. The van der Waals surface area contributed by atoms with Crippen LogP contribution in [-0.4, -0.2) is 21.8 Å². The molecule has 0 fully saturated rings. The number of benzene rings is 4. The number of halogens is 3. The Kier molecular flexibility index (Phi) is 6.65. The molecule has 0 atom stereocenters. The summed E-state index contributed by atoms with van der Waals surface area (Å²) in [5, 5.41) is 6.98.